The minimum Gasteiger partial charge on any atom is -0.491 e. The van der Waals surface area contributed by atoms with Crippen molar-refractivity contribution in [2.24, 2.45) is 5.41 Å². The van der Waals surface area contributed by atoms with Crippen LogP contribution in [0, 0.1) is 28.1 Å². The van der Waals surface area contributed by atoms with E-state index in [4.69, 9.17) is 4.74 Å². The average Bonchev–Trinajstić information content (AvgIpc) is 3.05. The van der Waals surface area contributed by atoms with Gasteiger partial charge in [-0.25, -0.2) is 0 Å². The van der Waals surface area contributed by atoms with Crippen LogP contribution in [0.3, 0.4) is 0 Å². The molecule has 0 radical (unpaired) electrons. The molecule has 5 nitrogen and oxygen atoms in total. The molecule has 0 saturated carbocycles. The molecule has 0 unspecified atom stereocenters. The molecular weight excluding hydrogens is 374 g/mol. The summed E-state index contributed by atoms with van der Waals surface area (Å²) in [5, 5.41) is 20.7. The van der Waals surface area contributed by atoms with Gasteiger partial charge >= 0.3 is 0 Å². The molecule has 2 aromatic carbocycles. The molecule has 150 valence electrons. The fourth-order valence-electron chi connectivity index (χ4n) is 4.85. The number of fused-ring (bicyclic) bond motifs is 3. The van der Waals surface area contributed by atoms with Gasteiger partial charge in [-0.1, -0.05) is 36.4 Å². The van der Waals surface area contributed by atoms with Crippen molar-refractivity contribution in [3.8, 4) is 17.9 Å². The first-order valence-electron chi connectivity index (χ1n) is 10.1. The summed E-state index contributed by atoms with van der Waals surface area (Å²) in [6, 6.07) is 18.7. The van der Waals surface area contributed by atoms with Crippen LogP contribution in [0.2, 0.25) is 0 Å². The van der Waals surface area contributed by atoms with Crippen LogP contribution >= 0.6 is 0 Å². The number of Topliss-reactive ketones (excluding diaryl/α,β-unsaturated/α-hetero) is 1. The Bertz CT molecular complexity index is 1070. The van der Waals surface area contributed by atoms with Crippen molar-refractivity contribution in [2.75, 3.05) is 0 Å². The number of benzene rings is 2. The Balaban J connectivity index is 1.89. The number of hydrogen-bond donors (Lipinski definition) is 0. The lowest BCUT2D eigenvalue weighted by Gasteiger charge is -2.34. The zero-order valence-electron chi connectivity index (χ0n) is 17.2. The second kappa shape index (κ2) is 7.35. The van der Waals surface area contributed by atoms with Gasteiger partial charge in [-0.2, -0.15) is 10.5 Å². The number of hydrogen-bond acceptors (Lipinski definition) is 5. The van der Waals surface area contributed by atoms with Crippen LogP contribution in [-0.4, -0.2) is 22.8 Å². The largest absolute Gasteiger partial charge is 0.491 e. The maximum Gasteiger partial charge on any atom is 0.177 e. The minimum atomic E-state index is -1.41. The number of carbonyl (C=O) groups is 1. The molecule has 4 rings (SSSR count). The van der Waals surface area contributed by atoms with Crippen molar-refractivity contribution >= 4 is 11.9 Å². The summed E-state index contributed by atoms with van der Waals surface area (Å²) in [6.45, 7) is 5.44. The van der Waals surface area contributed by atoms with E-state index in [0.717, 1.165) is 16.7 Å². The van der Waals surface area contributed by atoms with Crippen LogP contribution in [-0.2, 0) is 4.79 Å². The van der Waals surface area contributed by atoms with Gasteiger partial charge in [0.1, 0.15) is 5.75 Å². The van der Waals surface area contributed by atoms with Gasteiger partial charge in [0.25, 0.3) is 0 Å². The number of carbonyl (C=O) groups excluding carboxylic acids is 1. The molecule has 30 heavy (non-hydrogen) atoms. The highest BCUT2D eigenvalue weighted by molar-refractivity contribution is 5.85. The molecule has 0 aromatic heterocycles. The molecule has 2 heterocycles. The summed E-state index contributed by atoms with van der Waals surface area (Å²) in [6.07, 6.45) is 3.85. The van der Waals surface area contributed by atoms with Gasteiger partial charge in [-0.3, -0.25) is 4.79 Å². The van der Waals surface area contributed by atoms with E-state index in [1.807, 2.05) is 79.6 Å². The van der Waals surface area contributed by atoms with E-state index in [1.165, 1.54) is 6.92 Å². The quantitative estimate of drug-likeness (QED) is 0.754. The fourth-order valence-corrected chi connectivity index (χ4v) is 4.85. The van der Waals surface area contributed by atoms with Crippen molar-refractivity contribution in [3.05, 3.63) is 71.4 Å². The number of ketones is 1. The summed E-state index contributed by atoms with van der Waals surface area (Å²) < 4.78 is 5.73. The van der Waals surface area contributed by atoms with E-state index in [-0.39, 0.29) is 11.9 Å². The molecule has 0 N–H and O–H groups in total. The highest BCUT2D eigenvalue weighted by Crippen LogP contribution is 2.59. The van der Waals surface area contributed by atoms with Gasteiger partial charge in [0, 0.05) is 12.1 Å². The van der Waals surface area contributed by atoms with Gasteiger partial charge in [0.15, 0.2) is 11.2 Å². The monoisotopic (exact) mass is 397 g/mol. The van der Waals surface area contributed by atoms with Gasteiger partial charge in [-0.05, 0) is 55.7 Å². The van der Waals surface area contributed by atoms with Crippen LogP contribution in [0.25, 0.3) is 6.08 Å². The Morgan fingerprint density at radius 1 is 1.10 bits per heavy atom. The predicted octanol–water partition coefficient (Wildman–Crippen LogP) is 4.59. The van der Waals surface area contributed by atoms with Crippen molar-refractivity contribution in [2.45, 2.75) is 44.9 Å². The van der Waals surface area contributed by atoms with Crippen molar-refractivity contribution < 1.29 is 9.53 Å². The molecule has 0 aliphatic carbocycles. The number of nitrogens with zero attached hydrogens (tertiary/aromatic N) is 3. The summed E-state index contributed by atoms with van der Waals surface area (Å²) in [7, 11) is 0. The summed E-state index contributed by atoms with van der Waals surface area (Å²) in [5.74, 6) is 0.0661. The molecule has 0 spiro atoms. The van der Waals surface area contributed by atoms with Crippen LogP contribution in [0.4, 0.5) is 0 Å². The van der Waals surface area contributed by atoms with E-state index in [2.05, 4.69) is 12.1 Å². The van der Waals surface area contributed by atoms with Crippen molar-refractivity contribution in [1.82, 2.24) is 4.90 Å². The summed E-state index contributed by atoms with van der Waals surface area (Å²) in [5.41, 5.74) is 1.25. The first-order valence-corrected chi connectivity index (χ1v) is 10.1. The molecule has 3 atom stereocenters. The van der Waals surface area contributed by atoms with Crippen LogP contribution < -0.4 is 4.74 Å². The van der Waals surface area contributed by atoms with E-state index in [9.17, 15) is 15.3 Å². The number of ether oxygens (including phenoxy) is 1. The van der Waals surface area contributed by atoms with E-state index in [1.54, 1.807) is 0 Å². The first-order chi connectivity index (χ1) is 14.4. The lowest BCUT2D eigenvalue weighted by atomic mass is 9.68. The minimum absolute atomic E-state index is 0.0419. The van der Waals surface area contributed by atoms with Crippen LogP contribution in [0.5, 0.6) is 5.75 Å². The van der Waals surface area contributed by atoms with Crippen LogP contribution in [0.1, 0.15) is 49.4 Å². The zero-order chi connectivity index (χ0) is 21.5. The fraction of sp³-hybridized carbons (Fsp3) is 0.320. The third-order valence-corrected chi connectivity index (χ3v) is 5.97. The Hall–Kier alpha value is -3.57. The van der Waals surface area contributed by atoms with Gasteiger partial charge in [-0.15, -0.1) is 0 Å². The molecule has 2 aliphatic heterocycles. The second-order valence-electron chi connectivity index (χ2n) is 8.16. The lowest BCUT2D eigenvalue weighted by Crippen LogP contribution is -2.36. The van der Waals surface area contributed by atoms with E-state index < -0.39 is 23.4 Å². The molecule has 0 amide bonds. The van der Waals surface area contributed by atoms with Gasteiger partial charge in [0.2, 0.25) is 0 Å². The van der Waals surface area contributed by atoms with Gasteiger partial charge in [0.05, 0.1) is 30.3 Å². The normalized spacial score (nSPS) is 23.3. The predicted molar refractivity (Wildman–Crippen MR) is 113 cm³/mol. The van der Waals surface area contributed by atoms with Crippen molar-refractivity contribution in [1.29, 1.82) is 10.5 Å². The van der Waals surface area contributed by atoms with Gasteiger partial charge < -0.3 is 9.64 Å². The number of rotatable bonds is 4. The summed E-state index contributed by atoms with van der Waals surface area (Å²) >= 11 is 0. The Morgan fingerprint density at radius 3 is 2.37 bits per heavy atom. The SMILES string of the molecule is CC(=O)[C@@H]1[C@H](c2ccc(OC(C)C)cc2)C(C#N)(C#N)[C@@H]2c3ccccc3C=CN12. The smallest absolute Gasteiger partial charge is 0.177 e. The molecule has 0 bridgehead atoms. The zero-order valence-corrected chi connectivity index (χ0v) is 17.2. The topological polar surface area (TPSA) is 77.1 Å². The third kappa shape index (κ3) is 2.86. The molecular formula is C25H23N3O2. The first kappa shape index (κ1) is 19.7. The molecule has 1 fully saturated rings. The molecule has 5 heteroatoms. The Kier molecular flexibility index (Phi) is 4.84. The van der Waals surface area contributed by atoms with E-state index >= 15 is 0 Å². The average molecular weight is 397 g/mol. The molecule has 2 aliphatic rings. The Morgan fingerprint density at radius 2 is 1.77 bits per heavy atom. The van der Waals surface area contributed by atoms with Crippen LogP contribution in [0.15, 0.2) is 54.7 Å². The lowest BCUT2D eigenvalue weighted by molar-refractivity contribution is -0.121. The standard InChI is InChI=1S/C25H23N3O2/c1-16(2)30-20-10-8-19(9-11-20)22-23(17(3)29)28-13-12-18-6-4-5-7-21(18)24(28)25(22,14-26)15-27/h4-13,16,22-24H,1-3H3/t22-,23+,24-/m0/s1. The maximum absolute atomic E-state index is 12.8. The Labute approximate surface area is 176 Å². The summed E-state index contributed by atoms with van der Waals surface area (Å²) in [4.78, 5) is 14.7. The highest BCUT2D eigenvalue weighted by Gasteiger charge is 2.63. The maximum atomic E-state index is 12.8. The van der Waals surface area contributed by atoms with E-state index in [0.29, 0.717) is 5.75 Å². The number of nitriles is 2. The highest BCUT2D eigenvalue weighted by atomic mass is 16.5. The molecule has 2 aromatic rings. The second-order valence-corrected chi connectivity index (χ2v) is 8.16. The molecule has 1 saturated heterocycles. The third-order valence-electron chi connectivity index (χ3n) is 5.97. The van der Waals surface area contributed by atoms with Crippen molar-refractivity contribution in [3.63, 3.8) is 0 Å².